The van der Waals surface area contributed by atoms with Crippen molar-refractivity contribution in [3.8, 4) is 0 Å². The van der Waals surface area contributed by atoms with Gasteiger partial charge in [-0.2, -0.15) is 0 Å². The van der Waals surface area contributed by atoms with Gasteiger partial charge in [0.1, 0.15) is 0 Å². The SMILES string of the molecule is CCC1CC(NCCC(=O)NC(C)C)CCO1. The Hall–Kier alpha value is -0.610. The van der Waals surface area contributed by atoms with Crippen LogP contribution in [-0.4, -0.2) is 37.2 Å². The molecule has 1 saturated heterocycles. The van der Waals surface area contributed by atoms with Gasteiger partial charge in [0.05, 0.1) is 6.10 Å². The third kappa shape index (κ3) is 6.03. The number of carbonyl (C=O) groups excluding carboxylic acids is 1. The molecule has 1 aliphatic heterocycles. The van der Waals surface area contributed by atoms with Gasteiger partial charge >= 0.3 is 0 Å². The first kappa shape index (κ1) is 14.5. The molecule has 2 unspecified atom stereocenters. The molecule has 0 spiro atoms. The number of nitrogens with one attached hydrogen (secondary N) is 2. The molecule has 4 nitrogen and oxygen atoms in total. The van der Waals surface area contributed by atoms with Crippen LogP contribution in [0.2, 0.25) is 0 Å². The average Bonchev–Trinajstić information content (AvgIpc) is 2.28. The molecule has 2 atom stereocenters. The van der Waals surface area contributed by atoms with Crippen molar-refractivity contribution >= 4 is 5.91 Å². The molecule has 0 aromatic carbocycles. The highest BCUT2D eigenvalue weighted by Crippen LogP contribution is 2.15. The molecule has 1 fully saturated rings. The Morgan fingerprint density at radius 3 is 2.88 bits per heavy atom. The summed E-state index contributed by atoms with van der Waals surface area (Å²) in [6, 6.07) is 0.746. The molecule has 0 aromatic heterocycles. The third-order valence-electron chi connectivity index (χ3n) is 3.06. The lowest BCUT2D eigenvalue weighted by atomic mass is 10.0. The van der Waals surface area contributed by atoms with Gasteiger partial charge in [0, 0.05) is 31.7 Å². The fourth-order valence-corrected chi connectivity index (χ4v) is 2.13. The molecule has 17 heavy (non-hydrogen) atoms. The van der Waals surface area contributed by atoms with Gasteiger partial charge in [-0.25, -0.2) is 0 Å². The predicted octanol–water partition coefficient (Wildman–Crippen LogP) is 1.45. The van der Waals surface area contributed by atoms with Gasteiger partial charge < -0.3 is 15.4 Å². The van der Waals surface area contributed by atoms with E-state index in [1.54, 1.807) is 0 Å². The van der Waals surface area contributed by atoms with Gasteiger partial charge in [0.2, 0.25) is 5.91 Å². The van der Waals surface area contributed by atoms with Crippen LogP contribution in [0.4, 0.5) is 0 Å². The molecule has 0 aliphatic carbocycles. The number of hydrogen-bond donors (Lipinski definition) is 2. The van der Waals surface area contributed by atoms with Crippen molar-refractivity contribution in [2.75, 3.05) is 13.2 Å². The first-order chi connectivity index (χ1) is 8.11. The Morgan fingerprint density at radius 1 is 1.47 bits per heavy atom. The molecular weight excluding hydrogens is 216 g/mol. The fourth-order valence-electron chi connectivity index (χ4n) is 2.13. The second-order valence-corrected chi connectivity index (χ2v) is 5.05. The number of rotatable bonds is 6. The standard InChI is InChI=1S/C13H26N2O2/c1-4-12-9-11(6-8-17-12)14-7-5-13(16)15-10(2)3/h10-12,14H,4-9H2,1-3H3,(H,15,16). The highest BCUT2D eigenvalue weighted by Gasteiger charge is 2.20. The summed E-state index contributed by atoms with van der Waals surface area (Å²) in [4.78, 5) is 11.4. The van der Waals surface area contributed by atoms with Crippen molar-refractivity contribution in [2.24, 2.45) is 0 Å². The van der Waals surface area contributed by atoms with E-state index in [1.807, 2.05) is 13.8 Å². The Kier molecular flexibility index (Phi) is 6.52. The lowest BCUT2D eigenvalue weighted by Gasteiger charge is -2.29. The van der Waals surface area contributed by atoms with Crippen LogP contribution in [0.25, 0.3) is 0 Å². The van der Waals surface area contributed by atoms with Crippen molar-refractivity contribution in [1.82, 2.24) is 10.6 Å². The van der Waals surface area contributed by atoms with Crippen LogP contribution in [0.1, 0.15) is 46.5 Å². The molecule has 0 bridgehead atoms. The van der Waals surface area contributed by atoms with Crippen molar-refractivity contribution in [3.63, 3.8) is 0 Å². The molecule has 4 heteroatoms. The summed E-state index contributed by atoms with van der Waals surface area (Å²) in [5.74, 6) is 0.131. The summed E-state index contributed by atoms with van der Waals surface area (Å²) in [6.45, 7) is 7.72. The van der Waals surface area contributed by atoms with Crippen molar-refractivity contribution < 1.29 is 9.53 Å². The van der Waals surface area contributed by atoms with Crippen LogP contribution in [0, 0.1) is 0 Å². The smallest absolute Gasteiger partial charge is 0.221 e. The molecule has 1 aliphatic rings. The molecule has 1 amide bonds. The van der Waals surface area contributed by atoms with Gasteiger partial charge in [-0.15, -0.1) is 0 Å². The second-order valence-electron chi connectivity index (χ2n) is 5.05. The van der Waals surface area contributed by atoms with Crippen LogP contribution >= 0.6 is 0 Å². The van der Waals surface area contributed by atoms with E-state index in [4.69, 9.17) is 4.74 Å². The first-order valence-corrected chi connectivity index (χ1v) is 6.76. The Balaban J connectivity index is 2.11. The van der Waals surface area contributed by atoms with E-state index < -0.39 is 0 Å². The van der Waals surface area contributed by atoms with Gasteiger partial charge in [0.15, 0.2) is 0 Å². The summed E-state index contributed by atoms with van der Waals surface area (Å²) in [7, 11) is 0. The van der Waals surface area contributed by atoms with Gasteiger partial charge in [0.25, 0.3) is 0 Å². The zero-order valence-corrected chi connectivity index (χ0v) is 11.3. The van der Waals surface area contributed by atoms with E-state index in [0.29, 0.717) is 18.6 Å². The third-order valence-corrected chi connectivity index (χ3v) is 3.06. The normalized spacial score (nSPS) is 24.9. The van der Waals surface area contributed by atoms with Crippen molar-refractivity contribution in [1.29, 1.82) is 0 Å². The molecular formula is C13H26N2O2. The van der Waals surface area contributed by atoms with Gasteiger partial charge in [-0.3, -0.25) is 4.79 Å². The zero-order valence-electron chi connectivity index (χ0n) is 11.3. The predicted molar refractivity (Wildman–Crippen MR) is 69.0 cm³/mol. The maximum Gasteiger partial charge on any atom is 0.221 e. The van der Waals surface area contributed by atoms with E-state index in [2.05, 4.69) is 17.6 Å². The Labute approximate surface area is 104 Å². The van der Waals surface area contributed by atoms with E-state index in [1.165, 1.54) is 0 Å². The highest BCUT2D eigenvalue weighted by atomic mass is 16.5. The number of amides is 1. The molecule has 1 heterocycles. The number of carbonyl (C=O) groups is 1. The summed E-state index contributed by atoms with van der Waals surface area (Å²) in [5, 5.41) is 6.35. The van der Waals surface area contributed by atoms with Crippen LogP contribution in [-0.2, 0) is 9.53 Å². The Morgan fingerprint density at radius 2 is 2.24 bits per heavy atom. The zero-order chi connectivity index (χ0) is 12.7. The monoisotopic (exact) mass is 242 g/mol. The minimum Gasteiger partial charge on any atom is -0.378 e. The van der Waals surface area contributed by atoms with Gasteiger partial charge in [-0.05, 0) is 33.1 Å². The second kappa shape index (κ2) is 7.67. The van der Waals surface area contributed by atoms with Crippen LogP contribution in [0.15, 0.2) is 0 Å². The molecule has 0 saturated carbocycles. The summed E-state index contributed by atoms with van der Waals surface area (Å²) in [6.07, 6.45) is 4.16. The van der Waals surface area contributed by atoms with Gasteiger partial charge in [-0.1, -0.05) is 6.92 Å². The minimum atomic E-state index is 0.131. The van der Waals surface area contributed by atoms with E-state index in [9.17, 15) is 4.79 Å². The Bertz CT molecular complexity index is 231. The summed E-state index contributed by atoms with van der Waals surface area (Å²) in [5.41, 5.74) is 0. The quantitative estimate of drug-likeness (QED) is 0.741. The first-order valence-electron chi connectivity index (χ1n) is 6.76. The van der Waals surface area contributed by atoms with E-state index in [-0.39, 0.29) is 11.9 Å². The summed E-state index contributed by atoms with van der Waals surface area (Å²) < 4.78 is 5.62. The minimum absolute atomic E-state index is 0.131. The molecule has 2 N–H and O–H groups in total. The number of hydrogen-bond acceptors (Lipinski definition) is 3. The molecule has 0 radical (unpaired) electrons. The maximum atomic E-state index is 11.4. The van der Waals surface area contributed by atoms with E-state index in [0.717, 1.165) is 32.4 Å². The van der Waals surface area contributed by atoms with Crippen LogP contribution < -0.4 is 10.6 Å². The highest BCUT2D eigenvalue weighted by molar-refractivity contribution is 5.76. The van der Waals surface area contributed by atoms with Crippen molar-refractivity contribution in [2.45, 2.75) is 64.6 Å². The van der Waals surface area contributed by atoms with Crippen LogP contribution in [0.3, 0.4) is 0 Å². The van der Waals surface area contributed by atoms with Crippen molar-refractivity contribution in [3.05, 3.63) is 0 Å². The van der Waals surface area contributed by atoms with E-state index >= 15 is 0 Å². The fraction of sp³-hybridized carbons (Fsp3) is 0.923. The number of ether oxygens (including phenoxy) is 1. The molecule has 100 valence electrons. The topological polar surface area (TPSA) is 50.4 Å². The largest absolute Gasteiger partial charge is 0.378 e. The molecule has 0 aromatic rings. The lowest BCUT2D eigenvalue weighted by Crippen LogP contribution is -2.40. The maximum absolute atomic E-state index is 11.4. The summed E-state index contributed by atoms with van der Waals surface area (Å²) >= 11 is 0. The average molecular weight is 242 g/mol. The van der Waals surface area contributed by atoms with Crippen LogP contribution in [0.5, 0.6) is 0 Å². The molecule has 1 rings (SSSR count). The lowest BCUT2D eigenvalue weighted by molar-refractivity contribution is -0.121.